The molecule has 0 aliphatic rings. The van der Waals surface area contributed by atoms with E-state index in [-0.39, 0.29) is 0 Å². The molecule has 3 aromatic rings. The van der Waals surface area contributed by atoms with Gasteiger partial charge in [0.15, 0.2) is 0 Å². The van der Waals surface area contributed by atoms with E-state index < -0.39 is 0 Å². The van der Waals surface area contributed by atoms with E-state index in [0.29, 0.717) is 0 Å². The number of allylic oxidation sites excluding steroid dienone is 3. The third-order valence-corrected chi connectivity index (χ3v) is 5.12. The first-order valence-corrected chi connectivity index (χ1v) is 12.3. The topological polar surface area (TPSA) is 0 Å². The van der Waals surface area contributed by atoms with Crippen LogP contribution in [-0.2, 0) is 0 Å². The molecule has 0 N–H and O–H groups in total. The van der Waals surface area contributed by atoms with Crippen LogP contribution >= 0.6 is 0 Å². The minimum absolute atomic E-state index is 1.11. The van der Waals surface area contributed by atoms with Crippen molar-refractivity contribution in [2.75, 3.05) is 0 Å². The zero-order chi connectivity index (χ0) is 25.5. The summed E-state index contributed by atoms with van der Waals surface area (Å²) in [5, 5.41) is 0. The van der Waals surface area contributed by atoms with Gasteiger partial charge in [-0.15, -0.1) is 0 Å². The van der Waals surface area contributed by atoms with Gasteiger partial charge in [0.2, 0.25) is 0 Å². The Hall–Kier alpha value is -3.38. The standard InChI is InChI=1S/C28H26.2C3H8/c1-6-15-20(4)26-21(5)27(22-16-11-9-12-17-22)24(7-2)25(8-3)28(26)23-18-13-10-14-19-23;2*1-3-2/h6-19H,1-3H2,4-5H3;2*3H2,1-2H3/b20-15-;;. The summed E-state index contributed by atoms with van der Waals surface area (Å²) in [4.78, 5) is 0. The summed E-state index contributed by atoms with van der Waals surface area (Å²) in [5.41, 5.74) is 10.6. The van der Waals surface area contributed by atoms with Crippen LogP contribution in [0.25, 0.3) is 40.0 Å². The Morgan fingerprint density at radius 2 is 1.06 bits per heavy atom. The second-order valence-corrected chi connectivity index (χ2v) is 8.22. The smallest absolute Gasteiger partial charge is 0.00273 e. The van der Waals surface area contributed by atoms with Crippen molar-refractivity contribution in [1.29, 1.82) is 0 Å². The average molecular weight is 451 g/mol. The van der Waals surface area contributed by atoms with Crippen LogP contribution in [0.1, 0.15) is 69.7 Å². The lowest BCUT2D eigenvalue weighted by atomic mass is 9.79. The van der Waals surface area contributed by atoms with E-state index in [9.17, 15) is 0 Å². The van der Waals surface area contributed by atoms with Crippen LogP contribution in [-0.4, -0.2) is 0 Å². The molecule has 3 aromatic carbocycles. The quantitative estimate of drug-likeness (QED) is 0.327. The van der Waals surface area contributed by atoms with Crippen LogP contribution in [0, 0.1) is 6.92 Å². The van der Waals surface area contributed by atoms with Crippen LogP contribution in [0.15, 0.2) is 92.6 Å². The lowest BCUT2D eigenvalue weighted by Gasteiger charge is -2.24. The maximum Gasteiger partial charge on any atom is -0.00273 e. The molecular weight excluding hydrogens is 408 g/mol. The highest BCUT2D eigenvalue weighted by molar-refractivity contribution is 5.97. The summed E-state index contributed by atoms with van der Waals surface area (Å²) in [6.07, 6.45) is 10.3. The van der Waals surface area contributed by atoms with Crippen LogP contribution in [0.5, 0.6) is 0 Å². The Labute approximate surface area is 209 Å². The van der Waals surface area contributed by atoms with Crippen molar-refractivity contribution in [3.8, 4) is 22.3 Å². The minimum Gasteiger partial charge on any atom is -0.0991 e. The molecule has 0 amide bonds. The summed E-state index contributed by atoms with van der Waals surface area (Å²) in [7, 11) is 0. The van der Waals surface area contributed by atoms with Crippen LogP contribution in [0.3, 0.4) is 0 Å². The van der Waals surface area contributed by atoms with Gasteiger partial charge in [-0.3, -0.25) is 0 Å². The van der Waals surface area contributed by atoms with Gasteiger partial charge in [0.25, 0.3) is 0 Å². The minimum atomic E-state index is 1.11. The molecule has 0 aliphatic heterocycles. The van der Waals surface area contributed by atoms with Gasteiger partial charge < -0.3 is 0 Å². The largest absolute Gasteiger partial charge is 0.0991 e. The van der Waals surface area contributed by atoms with E-state index >= 15 is 0 Å². The van der Waals surface area contributed by atoms with Gasteiger partial charge >= 0.3 is 0 Å². The van der Waals surface area contributed by atoms with E-state index in [4.69, 9.17) is 0 Å². The molecule has 0 atom stereocenters. The second kappa shape index (κ2) is 15.5. The average Bonchev–Trinajstić information content (AvgIpc) is 2.85. The summed E-state index contributed by atoms with van der Waals surface area (Å²) in [5.74, 6) is 0. The highest BCUT2D eigenvalue weighted by Crippen LogP contribution is 2.43. The predicted octanol–water partition coefficient (Wildman–Crippen LogP) is 11.0. The maximum absolute atomic E-state index is 4.15. The fraction of sp³-hybridized carbons (Fsp3) is 0.235. The molecule has 34 heavy (non-hydrogen) atoms. The maximum atomic E-state index is 4.15. The van der Waals surface area contributed by atoms with Gasteiger partial charge in [0.05, 0.1) is 0 Å². The molecule has 0 saturated heterocycles. The molecule has 0 heteroatoms. The molecular formula is C34H42. The highest BCUT2D eigenvalue weighted by Gasteiger charge is 2.21. The Morgan fingerprint density at radius 3 is 1.44 bits per heavy atom. The van der Waals surface area contributed by atoms with Crippen molar-refractivity contribution in [2.45, 2.75) is 54.4 Å². The van der Waals surface area contributed by atoms with Gasteiger partial charge in [-0.2, -0.15) is 0 Å². The predicted molar refractivity (Wildman–Crippen MR) is 158 cm³/mol. The van der Waals surface area contributed by atoms with E-state index in [1.54, 1.807) is 0 Å². The van der Waals surface area contributed by atoms with Gasteiger partial charge in [-0.05, 0) is 63.9 Å². The lowest BCUT2D eigenvalue weighted by molar-refractivity contribution is 1.09. The van der Waals surface area contributed by atoms with Crippen molar-refractivity contribution in [1.82, 2.24) is 0 Å². The fourth-order valence-corrected chi connectivity index (χ4v) is 3.98. The van der Waals surface area contributed by atoms with Crippen molar-refractivity contribution in [2.24, 2.45) is 0 Å². The molecule has 0 unspecified atom stereocenters. The number of hydrogen-bond donors (Lipinski definition) is 0. The zero-order valence-corrected chi connectivity index (χ0v) is 22.1. The molecule has 0 heterocycles. The van der Waals surface area contributed by atoms with Gasteiger partial charge in [-0.25, -0.2) is 0 Å². The molecule has 0 saturated carbocycles. The summed E-state index contributed by atoms with van der Waals surface area (Å²) in [6, 6.07) is 21.0. The highest BCUT2D eigenvalue weighted by atomic mass is 14.2. The van der Waals surface area contributed by atoms with E-state index in [1.165, 1.54) is 51.8 Å². The lowest BCUT2D eigenvalue weighted by Crippen LogP contribution is -2.02. The Bertz CT molecular complexity index is 1080. The van der Waals surface area contributed by atoms with E-state index in [1.807, 2.05) is 30.4 Å². The zero-order valence-electron chi connectivity index (χ0n) is 22.1. The first-order valence-electron chi connectivity index (χ1n) is 12.3. The van der Waals surface area contributed by atoms with Gasteiger partial charge in [0, 0.05) is 0 Å². The van der Waals surface area contributed by atoms with Gasteiger partial charge in [-0.1, -0.05) is 145 Å². The molecule has 0 aliphatic carbocycles. The molecule has 0 nitrogen and oxygen atoms in total. The molecule has 0 fully saturated rings. The molecule has 0 aromatic heterocycles. The van der Waals surface area contributed by atoms with Crippen LogP contribution in [0.2, 0.25) is 0 Å². The van der Waals surface area contributed by atoms with Crippen molar-refractivity contribution in [3.63, 3.8) is 0 Å². The molecule has 0 radical (unpaired) electrons. The Balaban J connectivity index is 0.000000872. The number of benzene rings is 3. The molecule has 178 valence electrons. The third-order valence-electron chi connectivity index (χ3n) is 5.12. The van der Waals surface area contributed by atoms with Crippen molar-refractivity contribution >= 4 is 17.7 Å². The second-order valence-electron chi connectivity index (χ2n) is 8.22. The van der Waals surface area contributed by atoms with Gasteiger partial charge in [0.1, 0.15) is 0 Å². The normalized spacial score (nSPS) is 10.2. The summed E-state index contributed by atoms with van der Waals surface area (Å²) >= 11 is 0. The first kappa shape index (κ1) is 28.7. The monoisotopic (exact) mass is 450 g/mol. The fourth-order valence-electron chi connectivity index (χ4n) is 3.98. The van der Waals surface area contributed by atoms with Crippen molar-refractivity contribution in [3.05, 3.63) is 115 Å². The van der Waals surface area contributed by atoms with Crippen LogP contribution < -0.4 is 0 Å². The summed E-state index contributed by atoms with van der Waals surface area (Å²) in [6.45, 7) is 25.0. The number of rotatable bonds is 6. The van der Waals surface area contributed by atoms with E-state index in [2.05, 4.69) is 116 Å². The Kier molecular flexibility index (Phi) is 13.0. The number of hydrogen-bond acceptors (Lipinski definition) is 0. The molecule has 3 rings (SSSR count). The molecule has 0 spiro atoms. The summed E-state index contributed by atoms with van der Waals surface area (Å²) < 4.78 is 0. The van der Waals surface area contributed by atoms with Crippen molar-refractivity contribution < 1.29 is 0 Å². The first-order chi connectivity index (χ1) is 16.5. The molecule has 0 bridgehead atoms. The third kappa shape index (κ3) is 7.06. The SMILES string of the molecule is C=C/C=C(/C)c1c(C)c(-c2ccccc2)c(C=C)c(C=C)c1-c1ccccc1.CCC.CCC. The van der Waals surface area contributed by atoms with Crippen LogP contribution in [0.4, 0.5) is 0 Å². The van der Waals surface area contributed by atoms with E-state index in [0.717, 1.165) is 11.1 Å². The Morgan fingerprint density at radius 1 is 0.676 bits per heavy atom.